The Morgan fingerprint density at radius 2 is 2.07 bits per heavy atom. The standard InChI is InChI=1S/C20H18N6O2S2/c1-3-28-16-9-7-13(8-10-16)19-22-17(12-30-19)18(27)21-14-5-4-6-15(11-14)26-20(29-2)23-24-25-26/h4-12H,3H2,1-2H3,(H,21,27). The van der Waals surface area contributed by atoms with E-state index in [4.69, 9.17) is 4.74 Å². The Morgan fingerprint density at radius 1 is 1.23 bits per heavy atom. The maximum Gasteiger partial charge on any atom is 0.275 e. The van der Waals surface area contributed by atoms with E-state index in [9.17, 15) is 4.79 Å². The van der Waals surface area contributed by atoms with Crippen molar-refractivity contribution in [1.82, 2.24) is 25.2 Å². The molecule has 152 valence electrons. The van der Waals surface area contributed by atoms with Crippen LogP contribution in [0.5, 0.6) is 5.75 Å². The number of nitrogens with one attached hydrogen (secondary N) is 1. The summed E-state index contributed by atoms with van der Waals surface area (Å²) < 4.78 is 7.08. The van der Waals surface area contributed by atoms with Crippen molar-refractivity contribution in [1.29, 1.82) is 0 Å². The largest absolute Gasteiger partial charge is 0.494 e. The molecular formula is C20H18N6O2S2. The Labute approximate surface area is 181 Å². The number of ether oxygens (including phenoxy) is 1. The fourth-order valence-corrected chi connectivity index (χ4v) is 3.99. The molecule has 10 heteroatoms. The van der Waals surface area contributed by atoms with Crippen molar-refractivity contribution < 1.29 is 9.53 Å². The van der Waals surface area contributed by atoms with Gasteiger partial charge in [-0.25, -0.2) is 4.98 Å². The van der Waals surface area contributed by atoms with Crippen LogP contribution in [0, 0.1) is 0 Å². The molecule has 0 saturated carbocycles. The third-order valence-electron chi connectivity index (χ3n) is 4.12. The first kappa shape index (κ1) is 20.0. The summed E-state index contributed by atoms with van der Waals surface area (Å²) in [5, 5.41) is 17.7. The normalized spacial score (nSPS) is 10.7. The van der Waals surface area contributed by atoms with E-state index in [1.807, 2.05) is 61.7 Å². The number of aromatic nitrogens is 5. The van der Waals surface area contributed by atoms with Crippen molar-refractivity contribution in [3.63, 3.8) is 0 Å². The average Bonchev–Trinajstić information content (AvgIpc) is 3.44. The van der Waals surface area contributed by atoms with Crippen molar-refractivity contribution in [2.45, 2.75) is 12.1 Å². The molecule has 0 fully saturated rings. The first-order chi connectivity index (χ1) is 14.7. The van der Waals surface area contributed by atoms with Crippen LogP contribution in [0.25, 0.3) is 16.3 Å². The molecule has 0 radical (unpaired) electrons. The highest BCUT2D eigenvalue weighted by Crippen LogP contribution is 2.26. The van der Waals surface area contributed by atoms with Crippen LogP contribution in [-0.2, 0) is 0 Å². The molecule has 1 amide bonds. The van der Waals surface area contributed by atoms with Gasteiger partial charge in [-0.05, 0) is 66.1 Å². The molecule has 0 aliphatic carbocycles. The van der Waals surface area contributed by atoms with Gasteiger partial charge < -0.3 is 10.1 Å². The molecule has 4 rings (SSSR count). The zero-order valence-corrected chi connectivity index (χ0v) is 17.9. The van der Waals surface area contributed by atoms with Crippen LogP contribution in [0.1, 0.15) is 17.4 Å². The summed E-state index contributed by atoms with van der Waals surface area (Å²) in [7, 11) is 0. The van der Waals surface area contributed by atoms with E-state index in [-0.39, 0.29) is 5.91 Å². The van der Waals surface area contributed by atoms with Crippen molar-refractivity contribution in [2.75, 3.05) is 18.2 Å². The number of anilines is 1. The molecule has 4 aromatic rings. The number of hydrogen-bond donors (Lipinski definition) is 1. The molecule has 0 saturated heterocycles. The number of amides is 1. The molecule has 2 aromatic heterocycles. The summed E-state index contributed by atoms with van der Waals surface area (Å²) in [5.41, 5.74) is 2.69. The minimum atomic E-state index is -0.276. The van der Waals surface area contributed by atoms with Crippen LogP contribution in [0.15, 0.2) is 59.1 Å². The van der Waals surface area contributed by atoms with Gasteiger partial charge in [0.05, 0.1) is 12.3 Å². The number of hydrogen-bond acceptors (Lipinski definition) is 8. The summed E-state index contributed by atoms with van der Waals surface area (Å²) in [6, 6.07) is 15.0. The van der Waals surface area contributed by atoms with Gasteiger partial charge in [-0.1, -0.05) is 17.8 Å². The van der Waals surface area contributed by atoms with Gasteiger partial charge in [0.1, 0.15) is 16.5 Å². The zero-order valence-electron chi connectivity index (χ0n) is 16.3. The third kappa shape index (κ3) is 4.34. The van der Waals surface area contributed by atoms with E-state index >= 15 is 0 Å². The Bertz CT molecular complexity index is 1160. The van der Waals surface area contributed by atoms with Gasteiger partial charge in [-0.2, -0.15) is 4.68 Å². The van der Waals surface area contributed by atoms with Crippen LogP contribution in [0.2, 0.25) is 0 Å². The second-order valence-electron chi connectivity index (χ2n) is 6.08. The SMILES string of the molecule is CCOc1ccc(-c2nc(C(=O)Nc3cccc(-n4nnnc4SC)c3)cs2)cc1. The van der Waals surface area contributed by atoms with Gasteiger partial charge in [0, 0.05) is 16.6 Å². The molecule has 0 aliphatic heterocycles. The van der Waals surface area contributed by atoms with E-state index in [1.165, 1.54) is 23.1 Å². The quantitative estimate of drug-likeness (QED) is 0.433. The highest BCUT2D eigenvalue weighted by atomic mass is 32.2. The molecule has 30 heavy (non-hydrogen) atoms. The maximum absolute atomic E-state index is 12.7. The Hall–Kier alpha value is -3.24. The van der Waals surface area contributed by atoms with Crippen molar-refractivity contribution >= 4 is 34.7 Å². The van der Waals surface area contributed by atoms with Gasteiger partial charge in [-0.3, -0.25) is 4.79 Å². The predicted molar refractivity (Wildman–Crippen MR) is 118 cm³/mol. The minimum Gasteiger partial charge on any atom is -0.494 e. The fraction of sp³-hybridized carbons (Fsp3) is 0.150. The smallest absolute Gasteiger partial charge is 0.275 e. The maximum atomic E-state index is 12.7. The van der Waals surface area contributed by atoms with E-state index in [0.717, 1.165) is 22.0 Å². The highest BCUT2D eigenvalue weighted by Gasteiger charge is 2.14. The Kier molecular flexibility index (Phi) is 6.05. The molecular weight excluding hydrogens is 420 g/mol. The number of carbonyl (C=O) groups excluding carboxylic acids is 1. The van der Waals surface area contributed by atoms with Gasteiger partial charge in [0.2, 0.25) is 5.16 Å². The monoisotopic (exact) mass is 438 g/mol. The average molecular weight is 439 g/mol. The summed E-state index contributed by atoms with van der Waals surface area (Å²) in [5.74, 6) is 0.533. The molecule has 0 atom stereocenters. The molecule has 0 aliphatic rings. The molecule has 1 N–H and O–H groups in total. The first-order valence-electron chi connectivity index (χ1n) is 9.11. The fourth-order valence-electron chi connectivity index (χ4n) is 2.75. The summed E-state index contributed by atoms with van der Waals surface area (Å²) in [4.78, 5) is 17.2. The number of thiazole rings is 1. The lowest BCUT2D eigenvalue weighted by atomic mass is 10.2. The molecule has 0 unspecified atom stereocenters. The van der Waals surface area contributed by atoms with E-state index in [0.29, 0.717) is 23.1 Å². The Morgan fingerprint density at radius 3 is 2.83 bits per heavy atom. The second kappa shape index (κ2) is 9.06. The summed E-state index contributed by atoms with van der Waals surface area (Å²) in [6.45, 7) is 2.56. The van der Waals surface area contributed by atoms with Crippen molar-refractivity contribution in [2.24, 2.45) is 0 Å². The van der Waals surface area contributed by atoms with Gasteiger partial charge in [0.15, 0.2) is 0 Å². The van der Waals surface area contributed by atoms with Gasteiger partial charge >= 0.3 is 0 Å². The third-order valence-corrected chi connectivity index (χ3v) is 5.63. The molecule has 0 bridgehead atoms. The number of thioether (sulfide) groups is 1. The van der Waals surface area contributed by atoms with Crippen LogP contribution < -0.4 is 10.1 Å². The van der Waals surface area contributed by atoms with Gasteiger partial charge in [0.25, 0.3) is 5.91 Å². The number of benzene rings is 2. The summed E-state index contributed by atoms with van der Waals surface area (Å²) >= 11 is 2.86. The topological polar surface area (TPSA) is 94.8 Å². The van der Waals surface area contributed by atoms with Crippen molar-refractivity contribution in [3.05, 3.63) is 59.6 Å². The van der Waals surface area contributed by atoms with E-state index < -0.39 is 0 Å². The highest BCUT2D eigenvalue weighted by molar-refractivity contribution is 7.98. The molecule has 2 heterocycles. The molecule has 2 aromatic carbocycles. The molecule has 0 spiro atoms. The number of rotatable bonds is 7. The predicted octanol–water partition coefficient (Wildman–Crippen LogP) is 4.16. The number of carbonyl (C=O) groups is 1. The molecule has 8 nitrogen and oxygen atoms in total. The minimum absolute atomic E-state index is 0.276. The van der Waals surface area contributed by atoms with Crippen LogP contribution in [-0.4, -0.2) is 44.0 Å². The Balaban J connectivity index is 1.49. The van der Waals surface area contributed by atoms with Crippen LogP contribution >= 0.6 is 23.1 Å². The first-order valence-corrected chi connectivity index (χ1v) is 11.2. The second-order valence-corrected chi connectivity index (χ2v) is 7.71. The van der Waals surface area contributed by atoms with E-state index in [2.05, 4.69) is 25.8 Å². The van der Waals surface area contributed by atoms with Crippen LogP contribution in [0.3, 0.4) is 0 Å². The van der Waals surface area contributed by atoms with Crippen LogP contribution in [0.4, 0.5) is 5.69 Å². The lowest BCUT2D eigenvalue weighted by molar-refractivity contribution is 0.102. The zero-order chi connectivity index (χ0) is 20.9. The summed E-state index contributed by atoms with van der Waals surface area (Å²) in [6.07, 6.45) is 1.90. The number of nitrogens with zero attached hydrogens (tertiary/aromatic N) is 5. The lowest BCUT2D eigenvalue weighted by Crippen LogP contribution is -2.12. The number of tetrazole rings is 1. The lowest BCUT2D eigenvalue weighted by Gasteiger charge is -2.07. The van der Waals surface area contributed by atoms with Crippen molar-refractivity contribution in [3.8, 4) is 22.0 Å². The van der Waals surface area contributed by atoms with Gasteiger partial charge in [-0.15, -0.1) is 16.4 Å². The van der Waals surface area contributed by atoms with E-state index in [1.54, 1.807) is 10.1 Å².